The summed E-state index contributed by atoms with van der Waals surface area (Å²) in [6, 6.07) is 5.03. The molecule has 1 N–H and O–H groups in total. The topological polar surface area (TPSA) is 66.8 Å². The molecule has 0 unspecified atom stereocenters. The molecule has 104 valence electrons. The zero-order valence-corrected chi connectivity index (χ0v) is 9.77. The Morgan fingerprint density at radius 3 is 2.21 bits per heavy atom. The number of anilines is 1. The van der Waals surface area contributed by atoms with Crippen molar-refractivity contribution in [2.24, 2.45) is 0 Å². The summed E-state index contributed by atoms with van der Waals surface area (Å²) in [5, 5.41) is 8.67. The fourth-order valence-corrected chi connectivity index (χ4v) is 1.17. The van der Waals surface area contributed by atoms with Crippen molar-refractivity contribution in [1.29, 1.82) is 0 Å². The number of carbonyl (C=O) groups excluding carboxylic acids is 1. The van der Waals surface area contributed by atoms with Gasteiger partial charge in [0.1, 0.15) is 0 Å². The Balaban J connectivity index is 2.69. The van der Waals surface area contributed by atoms with Crippen molar-refractivity contribution in [3.05, 3.63) is 29.8 Å². The molecule has 0 atom stereocenters. The lowest BCUT2D eigenvalue weighted by Gasteiger charge is -2.17. The molecule has 0 heterocycles. The van der Waals surface area contributed by atoms with Crippen LogP contribution in [0.4, 0.5) is 23.7 Å². The van der Waals surface area contributed by atoms with Gasteiger partial charge >= 0.3 is 18.2 Å². The molecule has 0 aliphatic carbocycles. The summed E-state index contributed by atoms with van der Waals surface area (Å²) < 4.78 is 39.6. The summed E-state index contributed by atoms with van der Waals surface area (Å²) in [4.78, 5) is 22.7. The Labute approximate surface area is 106 Å². The number of ether oxygens (including phenoxy) is 1. The first-order chi connectivity index (χ1) is 8.70. The average molecular weight is 277 g/mol. The fourth-order valence-electron chi connectivity index (χ4n) is 1.17. The molecule has 1 rings (SSSR count). The lowest BCUT2D eigenvalue weighted by atomic mass is 10.2. The van der Waals surface area contributed by atoms with Crippen LogP contribution in [-0.2, 0) is 4.74 Å². The Hall–Kier alpha value is -2.25. The largest absolute Gasteiger partial charge is 0.478 e. The van der Waals surface area contributed by atoms with Crippen LogP contribution in [0, 0.1) is 0 Å². The number of amides is 1. The highest BCUT2D eigenvalue weighted by molar-refractivity contribution is 5.90. The quantitative estimate of drug-likeness (QED) is 0.921. The van der Waals surface area contributed by atoms with E-state index in [-0.39, 0.29) is 11.3 Å². The molecule has 0 bridgehead atoms. The average Bonchev–Trinajstić information content (AvgIpc) is 2.34. The summed E-state index contributed by atoms with van der Waals surface area (Å²) in [6.45, 7) is -1.68. The minimum absolute atomic E-state index is 0.000749. The molecule has 1 aromatic carbocycles. The van der Waals surface area contributed by atoms with Gasteiger partial charge in [0.2, 0.25) is 0 Å². The van der Waals surface area contributed by atoms with E-state index in [1.165, 1.54) is 31.3 Å². The van der Waals surface area contributed by atoms with Crippen molar-refractivity contribution in [3.8, 4) is 0 Å². The third-order valence-electron chi connectivity index (χ3n) is 2.13. The summed E-state index contributed by atoms with van der Waals surface area (Å²) in [5.41, 5.74) is 0.220. The first-order valence-electron chi connectivity index (χ1n) is 5.01. The van der Waals surface area contributed by atoms with Crippen molar-refractivity contribution >= 4 is 17.7 Å². The van der Waals surface area contributed by atoms with Crippen LogP contribution >= 0.6 is 0 Å². The maximum atomic E-state index is 11.9. The zero-order chi connectivity index (χ0) is 14.6. The van der Waals surface area contributed by atoms with Crippen LogP contribution in [0.5, 0.6) is 0 Å². The number of halogens is 3. The number of hydrogen-bond donors (Lipinski definition) is 1. The van der Waals surface area contributed by atoms with Gasteiger partial charge in [-0.25, -0.2) is 9.59 Å². The van der Waals surface area contributed by atoms with Gasteiger partial charge in [0.25, 0.3) is 0 Å². The molecule has 8 heteroatoms. The molecule has 0 fully saturated rings. The number of hydrogen-bond acceptors (Lipinski definition) is 3. The number of rotatable bonds is 3. The van der Waals surface area contributed by atoms with Crippen LogP contribution in [0.1, 0.15) is 10.4 Å². The second kappa shape index (κ2) is 5.59. The van der Waals surface area contributed by atoms with E-state index < -0.39 is 24.8 Å². The molecule has 19 heavy (non-hydrogen) atoms. The predicted octanol–water partition coefficient (Wildman–Crippen LogP) is 2.52. The Bertz CT molecular complexity index is 470. The van der Waals surface area contributed by atoms with Gasteiger partial charge < -0.3 is 9.84 Å². The molecule has 1 aromatic rings. The highest BCUT2D eigenvalue weighted by atomic mass is 19.4. The van der Waals surface area contributed by atoms with Crippen LogP contribution in [-0.4, -0.2) is 37.0 Å². The van der Waals surface area contributed by atoms with E-state index >= 15 is 0 Å². The van der Waals surface area contributed by atoms with Gasteiger partial charge in [0.15, 0.2) is 6.61 Å². The highest BCUT2D eigenvalue weighted by Gasteiger charge is 2.30. The molecular weight excluding hydrogens is 267 g/mol. The molecule has 0 saturated carbocycles. The minimum atomic E-state index is -4.59. The fraction of sp³-hybridized carbons (Fsp3) is 0.273. The lowest BCUT2D eigenvalue weighted by molar-refractivity contribution is -0.159. The number of nitrogens with zero attached hydrogens (tertiary/aromatic N) is 1. The highest BCUT2D eigenvalue weighted by Crippen LogP contribution is 2.18. The molecule has 1 amide bonds. The van der Waals surface area contributed by atoms with Crippen LogP contribution in [0.25, 0.3) is 0 Å². The van der Waals surface area contributed by atoms with Gasteiger partial charge in [-0.15, -0.1) is 0 Å². The van der Waals surface area contributed by atoms with Gasteiger partial charge in [-0.3, -0.25) is 4.90 Å². The molecule has 0 spiro atoms. The Kier molecular flexibility index (Phi) is 4.36. The maximum absolute atomic E-state index is 11.9. The summed E-state index contributed by atoms with van der Waals surface area (Å²) >= 11 is 0. The van der Waals surface area contributed by atoms with Crippen LogP contribution in [0.2, 0.25) is 0 Å². The summed E-state index contributed by atoms with van der Waals surface area (Å²) in [5.74, 6) is -1.14. The lowest BCUT2D eigenvalue weighted by Crippen LogP contribution is -2.30. The van der Waals surface area contributed by atoms with Gasteiger partial charge in [0.05, 0.1) is 5.56 Å². The Morgan fingerprint density at radius 2 is 1.79 bits per heavy atom. The van der Waals surface area contributed by atoms with E-state index in [4.69, 9.17) is 5.11 Å². The van der Waals surface area contributed by atoms with Gasteiger partial charge in [-0.2, -0.15) is 13.2 Å². The van der Waals surface area contributed by atoms with Gasteiger partial charge in [-0.1, -0.05) is 0 Å². The monoisotopic (exact) mass is 277 g/mol. The second-order valence-corrected chi connectivity index (χ2v) is 3.58. The number of alkyl halides is 3. The van der Waals surface area contributed by atoms with Crippen molar-refractivity contribution in [2.45, 2.75) is 6.18 Å². The number of aromatic carboxylic acids is 1. The van der Waals surface area contributed by atoms with E-state index in [1.54, 1.807) is 0 Å². The number of carboxylic acids is 1. The van der Waals surface area contributed by atoms with Crippen molar-refractivity contribution in [1.82, 2.24) is 0 Å². The van der Waals surface area contributed by atoms with Crippen molar-refractivity contribution in [3.63, 3.8) is 0 Å². The van der Waals surface area contributed by atoms with Crippen molar-refractivity contribution in [2.75, 3.05) is 18.6 Å². The van der Waals surface area contributed by atoms with E-state index in [1.807, 2.05) is 0 Å². The standard InChI is InChI=1S/C11H10F3NO4/c1-15(10(18)19-6-11(12,13)14)8-4-2-7(3-5-8)9(16)17/h2-5H,6H2,1H3,(H,16,17). The van der Waals surface area contributed by atoms with Crippen molar-refractivity contribution < 1.29 is 32.6 Å². The maximum Gasteiger partial charge on any atom is 0.422 e. The SMILES string of the molecule is CN(C(=O)OCC(F)(F)F)c1ccc(C(=O)O)cc1. The molecule has 0 aliphatic heterocycles. The molecule has 0 aliphatic rings. The van der Waals surface area contributed by atoms with Gasteiger partial charge in [0, 0.05) is 12.7 Å². The van der Waals surface area contributed by atoms with E-state index in [9.17, 15) is 22.8 Å². The molecular formula is C11H10F3NO4. The predicted molar refractivity (Wildman–Crippen MR) is 59.2 cm³/mol. The first-order valence-corrected chi connectivity index (χ1v) is 5.01. The zero-order valence-electron chi connectivity index (χ0n) is 9.77. The van der Waals surface area contributed by atoms with Crippen LogP contribution in [0.3, 0.4) is 0 Å². The molecule has 0 radical (unpaired) electrons. The van der Waals surface area contributed by atoms with E-state index in [0.29, 0.717) is 0 Å². The Morgan fingerprint density at radius 1 is 1.26 bits per heavy atom. The van der Waals surface area contributed by atoms with Crippen LogP contribution in [0.15, 0.2) is 24.3 Å². The number of benzene rings is 1. The van der Waals surface area contributed by atoms with Crippen LogP contribution < -0.4 is 4.90 Å². The molecule has 5 nitrogen and oxygen atoms in total. The molecule has 0 aromatic heterocycles. The third kappa shape index (κ3) is 4.49. The smallest absolute Gasteiger partial charge is 0.422 e. The number of carboxylic acid groups (broad SMARTS) is 1. The van der Waals surface area contributed by atoms with Gasteiger partial charge in [-0.05, 0) is 24.3 Å². The molecule has 0 saturated heterocycles. The van der Waals surface area contributed by atoms with E-state index in [0.717, 1.165) is 4.90 Å². The number of carbonyl (C=O) groups is 2. The normalized spacial score (nSPS) is 10.9. The first kappa shape index (κ1) is 14.8. The summed E-state index contributed by atoms with van der Waals surface area (Å²) in [7, 11) is 1.22. The minimum Gasteiger partial charge on any atom is -0.478 e. The summed E-state index contributed by atoms with van der Waals surface area (Å²) in [6.07, 6.45) is -5.77. The second-order valence-electron chi connectivity index (χ2n) is 3.58. The van der Waals surface area contributed by atoms with E-state index in [2.05, 4.69) is 4.74 Å². The third-order valence-corrected chi connectivity index (χ3v) is 2.13.